The molecule has 1 saturated heterocycles. The molecule has 0 saturated carbocycles. The van der Waals surface area contributed by atoms with Gasteiger partial charge in [-0.2, -0.15) is 0 Å². The average Bonchev–Trinajstić information content (AvgIpc) is 2.40. The number of ether oxygens (including phenoxy) is 1. The van der Waals surface area contributed by atoms with Crippen LogP contribution in [0.1, 0.15) is 45.1 Å². The summed E-state index contributed by atoms with van der Waals surface area (Å²) in [6.07, 6.45) is 3.84. The Balaban J connectivity index is 2.34. The molecule has 0 amide bonds. The second kappa shape index (κ2) is 5.59. The van der Waals surface area contributed by atoms with E-state index in [9.17, 15) is 4.39 Å². The van der Waals surface area contributed by atoms with Crippen molar-refractivity contribution in [2.24, 2.45) is 5.73 Å². The molecular formula is C16H24FNO. The summed E-state index contributed by atoms with van der Waals surface area (Å²) in [5.41, 5.74) is 6.96. The van der Waals surface area contributed by atoms with Crippen LogP contribution in [0.4, 0.5) is 4.39 Å². The van der Waals surface area contributed by atoms with Gasteiger partial charge in [0.25, 0.3) is 0 Å². The molecule has 2 nitrogen and oxygen atoms in total. The molecule has 2 atom stereocenters. The molecule has 1 fully saturated rings. The molecule has 0 spiro atoms. The van der Waals surface area contributed by atoms with E-state index in [1.165, 1.54) is 5.56 Å². The molecule has 106 valence electrons. The molecule has 1 aromatic carbocycles. The van der Waals surface area contributed by atoms with Gasteiger partial charge in [-0.1, -0.05) is 19.1 Å². The molecular weight excluding hydrogens is 241 g/mol. The minimum absolute atomic E-state index is 0.0332. The van der Waals surface area contributed by atoms with Gasteiger partial charge in [-0.3, -0.25) is 0 Å². The lowest BCUT2D eigenvalue weighted by atomic mass is 9.66. The quantitative estimate of drug-likeness (QED) is 0.905. The van der Waals surface area contributed by atoms with E-state index in [1.807, 2.05) is 12.1 Å². The SMILES string of the molecule is CC[C@@]1(C)C[C@](CCN)(c2ccc(F)cc2)CCO1. The summed E-state index contributed by atoms with van der Waals surface area (Å²) in [6, 6.07) is 6.91. The maximum atomic E-state index is 13.1. The fraction of sp³-hybridized carbons (Fsp3) is 0.625. The van der Waals surface area contributed by atoms with Crippen LogP contribution >= 0.6 is 0 Å². The van der Waals surface area contributed by atoms with Gasteiger partial charge >= 0.3 is 0 Å². The van der Waals surface area contributed by atoms with Gasteiger partial charge in [0, 0.05) is 12.0 Å². The summed E-state index contributed by atoms with van der Waals surface area (Å²) >= 11 is 0. The second-order valence-corrected chi connectivity index (χ2v) is 5.90. The zero-order valence-corrected chi connectivity index (χ0v) is 11.9. The lowest BCUT2D eigenvalue weighted by molar-refractivity contribution is -0.0976. The Bertz CT molecular complexity index is 415. The van der Waals surface area contributed by atoms with Crippen molar-refractivity contribution in [1.29, 1.82) is 0 Å². The molecule has 0 aliphatic carbocycles. The smallest absolute Gasteiger partial charge is 0.123 e. The number of halogens is 1. The van der Waals surface area contributed by atoms with E-state index in [0.717, 1.165) is 32.3 Å². The average molecular weight is 265 g/mol. The number of hydrogen-bond donors (Lipinski definition) is 1. The molecule has 0 radical (unpaired) electrons. The predicted octanol–water partition coefficient (Wildman–Crippen LogP) is 3.39. The van der Waals surface area contributed by atoms with Gasteiger partial charge in [-0.25, -0.2) is 4.39 Å². The van der Waals surface area contributed by atoms with Crippen molar-refractivity contribution >= 4 is 0 Å². The van der Waals surface area contributed by atoms with Crippen molar-refractivity contribution in [3.05, 3.63) is 35.6 Å². The Morgan fingerprint density at radius 2 is 2.00 bits per heavy atom. The Labute approximate surface area is 115 Å². The highest BCUT2D eigenvalue weighted by Gasteiger charge is 2.42. The summed E-state index contributed by atoms with van der Waals surface area (Å²) in [7, 11) is 0. The van der Waals surface area contributed by atoms with Gasteiger partial charge < -0.3 is 10.5 Å². The normalized spacial score (nSPS) is 31.4. The fourth-order valence-electron chi connectivity index (χ4n) is 3.26. The van der Waals surface area contributed by atoms with Crippen molar-refractivity contribution < 1.29 is 9.13 Å². The molecule has 2 N–H and O–H groups in total. The van der Waals surface area contributed by atoms with Crippen LogP contribution in [0.15, 0.2) is 24.3 Å². The molecule has 2 rings (SSSR count). The van der Waals surface area contributed by atoms with Crippen LogP contribution in [-0.2, 0) is 10.2 Å². The van der Waals surface area contributed by atoms with Crippen molar-refractivity contribution in [1.82, 2.24) is 0 Å². The summed E-state index contributed by atoms with van der Waals surface area (Å²) in [6.45, 7) is 5.73. The zero-order chi connectivity index (χ0) is 13.9. The van der Waals surface area contributed by atoms with Crippen LogP contribution < -0.4 is 5.73 Å². The van der Waals surface area contributed by atoms with E-state index >= 15 is 0 Å². The number of hydrogen-bond acceptors (Lipinski definition) is 2. The van der Waals surface area contributed by atoms with Crippen molar-refractivity contribution in [2.45, 2.75) is 50.5 Å². The largest absolute Gasteiger partial charge is 0.375 e. The number of nitrogens with two attached hydrogens (primary N) is 1. The highest BCUT2D eigenvalue weighted by Crippen LogP contribution is 2.44. The third kappa shape index (κ3) is 2.98. The van der Waals surface area contributed by atoms with Gasteiger partial charge in [-0.05, 0) is 56.8 Å². The van der Waals surface area contributed by atoms with Crippen LogP contribution in [0, 0.1) is 5.82 Å². The van der Waals surface area contributed by atoms with E-state index < -0.39 is 0 Å². The maximum absolute atomic E-state index is 13.1. The molecule has 1 aliphatic heterocycles. The first-order valence-corrected chi connectivity index (χ1v) is 7.14. The van der Waals surface area contributed by atoms with E-state index in [2.05, 4.69) is 13.8 Å². The lowest BCUT2D eigenvalue weighted by Crippen LogP contribution is -2.46. The molecule has 1 heterocycles. The fourth-order valence-corrected chi connectivity index (χ4v) is 3.26. The van der Waals surface area contributed by atoms with E-state index in [0.29, 0.717) is 6.54 Å². The topological polar surface area (TPSA) is 35.2 Å². The third-order valence-electron chi connectivity index (χ3n) is 4.57. The standard InChI is InChI=1S/C16H24FNO/c1-3-15(2)12-16(8-10-18,9-11-19-15)13-4-6-14(17)7-5-13/h4-7H,3,8-12,18H2,1-2H3/t15-,16+/m0/s1. The van der Waals surface area contributed by atoms with Crippen LogP contribution in [0.3, 0.4) is 0 Å². The van der Waals surface area contributed by atoms with Gasteiger partial charge in [0.15, 0.2) is 0 Å². The third-order valence-corrected chi connectivity index (χ3v) is 4.57. The highest BCUT2D eigenvalue weighted by molar-refractivity contribution is 5.27. The van der Waals surface area contributed by atoms with E-state index in [1.54, 1.807) is 12.1 Å². The number of benzene rings is 1. The zero-order valence-electron chi connectivity index (χ0n) is 11.9. The molecule has 1 aliphatic rings. The molecule has 0 unspecified atom stereocenters. The van der Waals surface area contributed by atoms with Crippen LogP contribution in [0.5, 0.6) is 0 Å². The van der Waals surface area contributed by atoms with Crippen LogP contribution in [0.25, 0.3) is 0 Å². The molecule has 3 heteroatoms. The Kier molecular flexibility index (Phi) is 4.26. The molecule has 1 aromatic rings. The van der Waals surface area contributed by atoms with E-state index in [-0.39, 0.29) is 16.8 Å². The molecule has 19 heavy (non-hydrogen) atoms. The lowest BCUT2D eigenvalue weighted by Gasteiger charge is -2.46. The highest BCUT2D eigenvalue weighted by atomic mass is 19.1. The predicted molar refractivity (Wildman–Crippen MR) is 75.6 cm³/mol. The van der Waals surface area contributed by atoms with Gasteiger partial charge in [0.1, 0.15) is 5.82 Å². The summed E-state index contributed by atoms with van der Waals surface area (Å²) in [5, 5.41) is 0. The van der Waals surface area contributed by atoms with Crippen molar-refractivity contribution in [3.63, 3.8) is 0 Å². The van der Waals surface area contributed by atoms with Gasteiger partial charge in [-0.15, -0.1) is 0 Å². The Hall–Kier alpha value is -0.930. The summed E-state index contributed by atoms with van der Waals surface area (Å²) in [4.78, 5) is 0. The van der Waals surface area contributed by atoms with Crippen molar-refractivity contribution in [3.8, 4) is 0 Å². The monoisotopic (exact) mass is 265 g/mol. The van der Waals surface area contributed by atoms with Crippen molar-refractivity contribution in [2.75, 3.05) is 13.2 Å². The molecule has 0 aromatic heterocycles. The summed E-state index contributed by atoms with van der Waals surface area (Å²) < 4.78 is 19.1. The Morgan fingerprint density at radius 3 is 2.58 bits per heavy atom. The summed E-state index contributed by atoms with van der Waals surface area (Å²) in [5.74, 6) is -0.183. The second-order valence-electron chi connectivity index (χ2n) is 5.90. The van der Waals surface area contributed by atoms with Gasteiger partial charge in [0.05, 0.1) is 5.60 Å². The van der Waals surface area contributed by atoms with Crippen LogP contribution in [-0.4, -0.2) is 18.8 Å². The minimum Gasteiger partial charge on any atom is -0.375 e. The first kappa shape index (κ1) is 14.5. The Morgan fingerprint density at radius 1 is 1.32 bits per heavy atom. The van der Waals surface area contributed by atoms with Gasteiger partial charge in [0.2, 0.25) is 0 Å². The van der Waals surface area contributed by atoms with E-state index in [4.69, 9.17) is 10.5 Å². The number of rotatable bonds is 4. The minimum atomic E-state index is -0.183. The molecule has 0 bridgehead atoms. The first-order valence-electron chi connectivity index (χ1n) is 7.14. The van der Waals surface area contributed by atoms with Crippen LogP contribution in [0.2, 0.25) is 0 Å². The maximum Gasteiger partial charge on any atom is 0.123 e. The first-order chi connectivity index (χ1) is 9.03.